The Kier molecular flexibility index (Phi) is 5.15. The maximum atomic E-state index is 4.76. The summed E-state index contributed by atoms with van der Waals surface area (Å²) in [6.07, 6.45) is 3.88. The molecule has 2 atom stereocenters. The molecule has 2 unspecified atom stereocenters. The van der Waals surface area contributed by atoms with Gasteiger partial charge in [-0.3, -0.25) is 0 Å². The number of likely N-dealkylation sites (tertiary alicyclic amines) is 1. The lowest BCUT2D eigenvalue weighted by Gasteiger charge is -2.31. The molecular weight excluding hydrogens is 242 g/mol. The van der Waals surface area contributed by atoms with Crippen molar-refractivity contribution in [2.45, 2.75) is 39.2 Å². The third-order valence-electron chi connectivity index (χ3n) is 3.96. The van der Waals surface area contributed by atoms with Gasteiger partial charge in [0.15, 0.2) is 0 Å². The quantitative estimate of drug-likeness (QED) is 0.889. The van der Waals surface area contributed by atoms with Crippen LogP contribution in [0.25, 0.3) is 0 Å². The zero-order valence-electron chi connectivity index (χ0n) is 11.8. The highest BCUT2D eigenvalue weighted by atomic mass is 32.1. The fraction of sp³-hybridized carbons (Fsp3) is 0.786. The maximum absolute atomic E-state index is 4.76. The summed E-state index contributed by atoms with van der Waals surface area (Å²) in [5.74, 6) is 0.808. The lowest BCUT2D eigenvalue weighted by Crippen LogP contribution is -2.35. The molecule has 102 valence electrons. The van der Waals surface area contributed by atoms with Crippen LogP contribution in [0.1, 0.15) is 43.4 Å². The zero-order chi connectivity index (χ0) is 13.0. The topological polar surface area (TPSA) is 28.2 Å². The van der Waals surface area contributed by atoms with E-state index in [0.29, 0.717) is 6.04 Å². The Hall–Kier alpha value is -0.450. The smallest absolute Gasteiger partial charge is 0.0932 e. The highest BCUT2D eigenvalue weighted by molar-refractivity contribution is 7.09. The summed E-state index contributed by atoms with van der Waals surface area (Å²) in [5.41, 5.74) is 1.20. The molecule has 0 aliphatic carbocycles. The molecule has 1 aromatic heterocycles. The van der Waals surface area contributed by atoms with Crippen LogP contribution >= 0.6 is 11.3 Å². The van der Waals surface area contributed by atoms with Crippen LogP contribution < -0.4 is 5.32 Å². The van der Waals surface area contributed by atoms with Gasteiger partial charge in [0.1, 0.15) is 0 Å². The Labute approximate surface area is 115 Å². The molecule has 0 radical (unpaired) electrons. The first-order valence-corrected chi connectivity index (χ1v) is 7.94. The van der Waals surface area contributed by atoms with Crippen molar-refractivity contribution in [2.75, 3.05) is 26.7 Å². The minimum absolute atomic E-state index is 0.369. The number of hydrogen-bond donors (Lipinski definition) is 1. The first-order valence-electron chi connectivity index (χ1n) is 7.06. The van der Waals surface area contributed by atoms with Crippen LogP contribution in [0.2, 0.25) is 0 Å². The van der Waals surface area contributed by atoms with E-state index in [1.54, 1.807) is 0 Å². The van der Waals surface area contributed by atoms with Gasteiger partial charge in [0.25, 0.3) is 0 Å². The molecule has 1 N–H and O–H groups in total. The van der Waals surface area contributed by atoms with Gasteiger partial charge in [-0.05, 0) is 45.8 Å². The molecule has 2 rings (SSSR count). The minimum atomic E-state index is 0.369. The van der Waals surface area contributed by atoms with E-state index in [0.717, 1.165) is 12.3 Å². The molecule has 0 saturated carbocycles. The van der Waals surface area contributed by atoms with Crippen molar-refractivity contribution >= 4 is 11.3 Å². The van der Waals surface area contributed by atoms with E-state index in [2.05, 4.69) is 29.4 Å². The third kappa shape index (κ3) is 3.53. The summed E-state index contributed by atoms with van der Waals surface area (Å²) in [6, 6.07) is 0.369. The highest BCUT2D eigenvalue weighted by Crippen LogP contribution is 2.24. The molecule has 0 bridgehead atoms. The molecule has 1 fully saturated rings. The monoisotopic (exact) mass is 267 g/mol. The van der Waals surface area contributed by atoms with E-state index in [1.807, 2.05) is 18.4 Å². The fourth-order valence-electron chi connectivity index (χ4n) is 2.62. The molecule has 1 aliphatic heterocycles. The first-order chi connectivity index (χ1) is 8.72. The Morgan fingerprint density at radius 2 is 2.44 bits per heavy atom. The maximum Gasteiger partial charge on any atom is 0.0932 e. The fourth-order valence-corrected chi connectivity index (χ4v) is 3.62. The zero-order valence-corrected chi connectivity index (χ0v) is 12.6. The summed E-state index contributed by atoms with van der Waals surface area (Å²) in [6.45, 7) is 8.16. The van der Waals surface area contributed by atoms with Crippen LogP contribution in [0.15, 0.2) is 5.38 Å². The van der Waals surface area contributed by atoms with Crippen molar-refractivity contribution in [3.8, 4) is 0 Å². The Morgan fingerprint density at radius 3 is 3.17 bits per heavy atom. The third-order valence-corrected chi connectivity index (χ3v) is 4.85. The largest absolute Gasteiger partial charge is 0.312 e. The number of hydrogen-bond acceptors (Lipinski definition) is 4. The molecule has 3 nitrogen and oxygen atoms in total. The number of thiazole rings is 1. The van der Waals surface area contributed by atoms with Crippen LogP contribution in [-0.2, 0) is 6.42 Å². The van der Waals surface area contributed by atoms with Crippen molar-refractivity contribution in [1.29, 1.82) is 0 Å². The lowest BCUT2D eigenvalue weighted by molar-refractivity contribution is 0.182. The Bertz CT molecular complexity index is 364. The van der Waals surface area contributed by atoms with Crippen molar-refractivity contribution < 1.29 is 0 Å². The SMILES string of the molecule is CCN1CCCC(Cc2nc(C(C)NC)cs2)C1. The van der Waals surface area contributed by atoms with E-state index in [1.165, 1.54) is 43.2 Å². The summed E-state index contributed by atoms with van der Waals surface area (Å²) in [5, 5.41) is 6.77. The molecule has 2 heterocycles. The van der Waals surface area contributed by atoms with Gasteiger partial charge in [-0.15, -0.1) is 11.3 Å². The predicted octanol–water partition coefficient (Wildman–Crippen LogP) is 2.70. The van der Waals surface area contributed by atoms with Crippen LogP contribution in [0.4, 0.5) is 0 Å². The number of piperidine rings is 1. The summed E-state index contributed by atoms with van der Waals surface area (Å²) in [7, 11) is 1.99. The molecule has 18 heavy (non-hydrogen) atoms. The molecule has 0 spiro atoms. The van der Waals surface area contributed by atoms with Crippen molar-refractivity contribution in [3.05, 3.63) is 16.1 Å². The second kappa shape index (κ2) is 6.64. The van der Waals surface area contributed by atoms with Crippen LogP contribution in [0.5, 0.6) is 0 Å². The summed E-state index contributed by atoms with van der Waals surface area (Å²) >= 11 is 1.83. The van der Waals surface area contributed by atoms with Gasteiger partial charge in [0.2, 0.25) is 0 Å². The van der Waals surface area contributed by atoms with Gasteiger partial charge in [-0.1, -0.05) is 6.92 Å². The second-order valence-electron chi connectivity index (χ2n) is 5.28. The minimum Gasteiger partial charge on any atom is -0.312 e. The summed E-state index contributed by atoms with van der Waals surface area (Å²) in [4.78, 5) is 7.33. The molecule has 1 aromatic rings. The van der Waals surface area contributed by atoms with E-state index >= 15 is 0 Å². The normalized spacial score (nSPS) is 23.2. The Morgan fingerprint density at radius 1 is 1.61 bits per heavy atom. The number of nitrogens with zero attached hydrogens (tertiary/aromatic N) is 2. The van der Waals surface area contributed by atoms with Gasteiger partial charge < -0.3 is 10.2 Å². The van der Waals surface area contributed by atoms with Crippen LogP contribution in [-0.4, -0.2) is 36.6 Å². The van der Waals surface area contributed by atoms with Crippen molar-refractivity contribution in [3.63, 3.8) is 0 Å². The standard InChI is InChI=1S/C14H25N3S/c1-4-17-7-5-6-12(9-17)8-14-16-13(10-18-14)11(2)15-3/h10-12,15H,4-9H2,1-3H3. The van der Waals surface area contributed by atoms with Gasteiger partial charge in [0, 0.05) is 24.4 Å². The second-order valence-corrected chi connectivity index (χ2v) is 6.22. The highest BCUT2D eigenvalue weighted by Gasteiger charge is 2.20. The van der Waals surface area contributed by atoms with Crippen LogP contribution in [0, 0.1) is 5.92 Å². The van der Waals surface area contributed by atoms with Crippen LogP contribution in [0.3, 0.4) is 0 Å². The van der Waals surface area contributed by atoms with Gasteiger partial charge >= 0.3 is 0 Å². The average Bonchev–Trinajstić information content (AvgIpc) is 2.86. The van der Waals surface area contributed by atoms with Crippen molar-refractivity contribution in [2.24, 2.45) is 5.92 Å². The van der Waals surface area contributed by atoms with E-state index < -0.39 is 0 Å². The molecule has 4 heteroatoms. The lowest BCUT2D eigenvalue weighted by atomic mass is 9.95. The average molecular weight is 267 g/mol. The number of rotatable bonds is 5. The van der Waals surface area contributed by atoms with Gasteiger partial charge in [-0.2, -0.15) is 0 Å². The molecule has 1 aliphatic rings. The summed E-state index contributed by atoms with van der Waals surface area (Å²) < 4.78 is 0. The van der Waals surface area contributed by atoms with E-state index in [9.17, 15) is 0 Å². The van der Waals surface area contributed by atoms with Gasteiger partial charge in [0.05, 0.1) is 10.7 Å². The number of nitrogens with one attached hydrogen (secondary N) is 1. The van der Waals surface area contributed by atoms with Gasteiger partial charge in [-0.25, -0.2) is 4.98 Å². The predicted molar refractivity (Wildman–Crippen MR) is 78.1 cm³/mol. The van der Waals surface area contributed by atoms with Crippen molar-refractivity contribution in [1.82, 2.24) is 15.2 Å². The molecule has 1 saturated heterocycles. The molecule has 0 amide bonds. The van der Waals surface area contributed by atoms with E-state index in [4.69, 9.17) is 4.98 Å². The molecular formula is C14H25N3S. The Balaban J connectivity index is 1.90. The molecule has 0 aromatic carbocycles. The van der Waals surface area contributed by atoms with E-state index in [-0.39, 0.29) is 0 Å². The number of aromatic nitrogens is 1. The first kappa shape index (κ1) is 14.0.